The van der Waals surface area contributed by atoms with E-state index in [1.165, 1.54) is 17.5 Å². The van der Waals surface area contributed by atoms with Crippen molar-refractivity contribution in [2.24, 2.45) is 4.99 Å². The lowest BCUT2D eigenvalue weighted by atomic mass is 9.94. The van der Waals surface area contributed by atoms with Crippen LogP contribution in [0.15, 0.2) is 29.3 Å². The number of rotatable bonds is 5. The van der Waals surface area contributed by atoms with Crippen molar-refractivity contribution in [1.29, 1.82) is 0 Å². The highest BCUT2D eigenvalue weighted by molar-refractivity contribution is 5.80. The van der Waals surface area contributed by atoms with Crippen LogP contribution in [-0.4, -0.2) is 91.3 Å². The zero-order valence-electron chi connectivity index (χ0n) is 19.1. The van der Waals surface area contributed by atoms with Gasteiger partial charge in [-0.25, -0.2) is 0 Å². The molecule has 30 heavy (non-hydrogen) atoms. The van der Waals surface area contributed by atoms with E-state index in [-0.39, 0.29) is 5.54 Å². The maximum absolute atomic E-state index is 5.53. The van der Waals surface area contributed by atoms with Gasteiger partial charge in [-0.05, 0) is 44.7 Å². The van der Waals surface area contributed by atoms with Gasteiger partial charge in [0.05, 0.1) is 19.8 Å². The molecule has 0 radical (unpaired) electrons. The zero-order valence-corrected chi connectivity index (χ0v) is 19.1. The van der Waals surface area contributed by atoms with Gasteiger partial charge in [0, 0.05) is 57.4 Å². The highest BCUT2D eigenvalue weighted by atomic mass is 16.5. The molecule has 0 aliphatic carbocycles. The minimum Gasteiger partial charge on any atom is -0.379 e. The summed E-state index contributed by atoms with van der Waals surface area (Å²) in [6.45, 7) is 16.7. The largest absolute Gasteiger partial charge is 0.379 e. The Morgan fingerprint density at radius 2 is 1.90 bits per heavy atom. The minimum absolute atomic E-state index is 0.0392. The highest BCUT2D eigenvalue weighted by Gasteiger charge is 2.32. The van der Waals surface area contributed by atoms with Gasteiger partial charge >= 0.3 is 0 Å². The Kier molecular flexibility index (Phi) is 6.96. The number of hydrogen-bond donors (Lipinski definition) is 1. The third-order valence-electron chi connectivity index (χ3n) is 6.96. The Bertz CT molecular complexity index is 728. The summed E-state index contributed by atoms with van der Waals surface area (Å²) in [5, 5.41) is 3.55. The summed E-state index contributed by atoms with van der Waals surface area (Å²) in [7, 11) is 0. The number of benzene rings is 1. The molecule has 3 aliphatic rings. The fourth-order valence-electron chi connectivity index (χ4n) is 4.98. The Morgan fingerprint density at radius 1 is 1.13 bits per heavy atom. The molecule has 0 saturated carbocycles. The van der Waals surface area contributed by atoms with Crippen LogP contribution in [0.4, 0.5) is 0 Å². The van der Waals surface area contributed by atoms with Crippen molar-refractivity contribution in [3.05, 3.63) is 35.4 Å². The van der Waals surface area contributed by atoms with E-state index < -0.39 is 0 Å². The number of likely N-dealkylation sites (tertiary alicyclic amines) is 1. The van der Waals surface area contributed by atoms with Gasteiger partial charge in [-0.2, -0.15) is 0 Å². The molecule has 6 heteroatoms. The molecule has 1 aromatic rings. The lowest BCUT2D eigenvalue weighted by Crippen LogP contribution is -2.50. The molecule has 3 aliphatic heterocycles. The van der Waals surface area contributed by atoms with Gasteiger partial charge in [-0.3, -0.25) is 14.8 Å². The average molecular weight is 414 g/mol. The van der Waals surface area contributed by atoms with Crippen LogP contribution < -0.4 is 5.32 Å². The lowest BCUT2D eigenvalue weighted by molar-refractivity contribution is 0.0194. The predicted octanol–water partition coefficient (Wildman–Crippen LogP) is 2.20. The first-order valence-electron chi connectivity index (χ1n) is 11.7. The van der Waals surface area contributed by atoms with Crippen LogP contribution in [0.1, 0.15) is 38.3 Å². The van der Waals surface area contributed by atoms with Crippen molar-refractivity contribution in [3.8, 4) is 0 Å². The van der Waals surface area contributed by atoms with E-state index in [2.05, 4.69) is 65.1 Å². The number of nitrogens with one attached hydrogen (secondary N) is 1. The fraction of sp³-hybridized carbons (Fsp3) is 0.708. The van der Waals surface area contributed by atoms with Crippen LogP contribution >= 0.6 is 0 Å². The molecule has 0 bridgehead atoms. The Morgan fingerprint density at radius 3 is 2.67 bits per heavy atom. The Hall–Kier alpha value is -1.63. The van der Waals surface area contributed by atoms with E-state index >= 15 is 0 Å². The van der Waals surface area contributed by atoms with Gasteiger partial charge in [0.25, 0.3) is 0 Å². The van der Waals surface area contributed by atoms with Crippen LogP contribution in [0.5, 0.6) is 0 Å². The Labute approximate surface area is 182 Å². The van der Waals surface area contributed by atoms with E-state index in [1.54, 1.807) is 0 Å². The first-order valence-corrected chi connectivity index (χ1v) is 11.7. The molecule has 1 aromatic carbocycles. The Balaban J connectivity index is 1.38. The summed E-state index contributed by atoms with van der Waals surface area (Å²) in [6.07, 6.45) is 2.35. The number of fused-ring (bicyclic) bond motifs is 1. The van der Waals surface area contributed by atoms with Crippen molar-refractivity contribution in [1.82, 2.24) is 20.0 Å². The normalized spacial score (nSPS) is 24.2. The molecule has 6 nitrogen and oxygen atoms in total. The maximum Gasteiger partial charge on any atom is 0.194 e. The number of aliphatic imine (C=N–C) groups is 1. The third kappa shape index (κ3) is 4.98. The SMILES string of the molecule is CCNC(=NCC(C)(C)N1CCc2ccccc2C1)N1CCC(N2CCOCC2)C1. The van der Waals surface area contributed by atoms with Crippen molar-refractivity contribution in [3.63, 3.8) is 0 Å². The lowest BCUT2D eigenvalue weighted by Gasteiger charge is -2.41. The smallest absolute Gasteiger partial charge is 0.194 e. The first kappa shape index (κ1) is 21.6. The molecular formula is C24H39N5O. The maximum atomic E-state index is 5.53. The molecule has 4 rings (SSSR count). The van der Waals surface area contributed by atoms with Crippen molar-refractivity contribution >= 4 is 5.96 Å². The molecule has 1 N–H and O–H groups in total. The molecule has 3 heterocycles. The van der Waals surface area contributed by atoms with Crippen LogP contribution in [0.2, 0.25) is 0 Å². The van der Waals surface area contributed by atoms with Crippen LogP contribution in [0, 0.1) is 0 Å². The van der Waals surface area contributed by atoms with E-state index in [1.807, 2.05) is 0 Å². The van der Waals surface area contributed by atoms with Crippen LogP contribution in [0.3, 0.4) is 0 Å². The van der Waals surface area contributed by atoms with Crippen LogP contribution in [-0.2, 0) is 17.7 Å². The average Bonchev–Trinajstić information content (AvgIpc) is 3.27. The van der Waals surface area contributed by atoms with E-state index in [9.17, 15) is 0 Å². The van der Waals surface area contributed by atoms with Gasteiger partial charge in [-0.15, -0.1) is 0 Å². The number of nitrogens with zero attached hydrogens (tertiary/aromatic N) is 4. The van der Waals surface area contributed by atoms with Gasteiger partial charge in [0.2, 0.25) is 0 Å². The second kappa shape index (κ2) is 9.67. The highest BCUT2D eigenvalue weighted by Crippen LogP contribution is 2.26. The number of morpholine rings is 1. The second-order valence-corrected chi connectivity index (χ2v) is 9.46. The number of hydrogen-bond acceptors (Lipinski definition) is 4. The molecule has 2 fully saturated rings. The third-order valence-corrected chi connectivity index (χ3v) is 6.96. The monoisotopic (exact) mass is 413 g/mol. The first-order chi connectivity index (χ1) is 14.6. The zero-order chi connectivity index (χ0) is 21.0. The molecule has 0 amide bonds. The molecule has 166 valence electrons. The van der Waals surface area contributed by atoms with Gasteiger partial charge < -0.3 is 15.0 Å². The van der Waals surface area contributed by atoms with Gasteiger partial charge in [0.15, 0.2) is 5.96 Å². The number of guanidine groups is 1. The molecule has 0 aromatic heterocycles. The summed E-state index contributed by atoms with van der Waals surface area (Å²) in [5.41, 5.74) is 3.02. The van der Waals surface area contributed by atoms with Crippen molar-refractivity contribution in [2.45, 2.75) is 51.7 Å². The second-order valence-electron chi connectivity index (χ2n) is 9.46. The molecule has 1 atom stereocenters. The van der Waals surface area contributed by atoms with Crippen molar-refractivity contribution < 1.29 is 4.74 Å². The minimum atomic E-state index is 0.0392. The number of ether oxygens (including phenoxy) is 1. The summed E-state index contributed by atoms with van der Waals surface area (Å²) in [4.78, 5) is 12.8. The molecule has 1 unspecified atom stereocenters. The van der Waals surface area contributed by atoms with E-state index in [0.717, 1.165) is 78.0 Å². The fourth-order valence-corrected chi connectivity index (χ4v) is 4.98. The molecular weight excluding hydrogens is 374 g/mol. The summed E-state index contributed by atoms with van der Waals surface area (Å²) in [6, 6.07) is 9.51. The predicted molar refractivity (Wildman–Crippen MR) is 123 cm³/mol. The molecule has 2 saturated heterocycles. The summed E-state index contributed by atoms with van der Waals surface area (Å²) >= 11 is 0. The standard InChI is InChI=1S/C24H39N5O/c1-4-25-23(28-11-10-22(18-28)27-13-15-30-16-14-27)26-19-24(2,3)29-12-9-20-7-5-6-8-21(20)17-29/h5-8,22H,4,9-19H2,1-3H3,(H,25,26). The quantitative estimate of drug-likeness (QED) is 0.592. The van der Waals surface area contributed by atoms with E-state index in [4.69, 9.17) is 9.73 Å². The summed E-state index contributed by atoms with van der Waals surface area (Å²) < 4.78 is 5.53. The van der Waals surface area contributed by atoms with Crippen LogP contribution in [0.25, 0.3) is 0 Å². The topological polar surface area (TPSA) is 43.3 Å². The van der Waals surface area contributed by atoms with Gasteiger partial charge in [-0.1, -0.05) is 24.3 Å². The summed E-state index contributed by atoms with van der Waals surface area (Å²) in [5.74, 6) is 1.08. The molecule has 0 spiro atoms. The van der Waals surface area contributed by atoms with Gasteiger partial charge in [0.1, 0.15) is 0 Å². The van der Waals surface area contributed by atoms with E-state index in [0.29, 0.717) is 6.04 Å². The van der Waals surface area contributed by atoms with Crippen molar-refractivity contribution in [2.75, 3.05) is 59.0 Å².